The van der Waals surface area contributed by atoms with Crippen LogP contribution in [-0.4, -0.2) is 30.4 Å². The molecule has 3 nitrogen and oxygen atoms in total. The van der Waals surface area contributed by atoms with E-state index < -0.39 is 0 Å². The van der Waals surface area contributed by atoms with Crippen molar-refractivity contribution in [3.63, 3.8) is 0 Å². The van der Waals surface area contributed by atoms with Crippen LogP contribution in [0.15, 0.2) is 24.3 Å². The lowest BCUT2D eigenvalue weighted by Gasteiger charge is -2.23. The molecule has 0 radical (unpaired) electrons. The summed E-state index contributed by atoms with van der Waals surface area (Å²) in [6.07, 6.45) is 0.923. The number of hydrogen-bond donors (Lipinski definition) is 1. The van der Waals surface area contributed by atoms with E-state index in [4.69, 9.17) is 11.6 Å². The maximum absolute atomic E-state index is 12.1. The number of hydrogen-bond acceptors (Lipinski definition) is 2. The molecule has 1 heterocycles. The zero-order valence-electron chi connectivity index (χ0n) is 11.6. The van der Waals surface area contributed by atoms with E-state index in [1.807, 2.05) is 31.2 Å². The third-order valence-electron chi connectivity index (χ3n) is 3.76. The minimum Gasteiger partial charge on any atom is -0.356 e. The highest BCUT2D eigenvalue weighted by molar-refractivity contribution is 6.30. The predicted molar refractivity (Wildman–Crippen MR) is 78.1 cm³/mol. The van der Waals surface area contributed by atoms with Gasteiger partial charge in [0, 0.05) is 24.7 Å². The summed E-state index contributed by atoms with van der Waals surface area (Å²) in [5.41, 5.74) is 0.993. The normalized spacial score (nSPS) is 23.5. The summed E-state index contributed by atoms with van der Waals surface area (Å²) in [6.45, 7) is 7.39. The van der Waals surface area contributed by atoms with Crippen molar-refractivity contribution in [2.24, 2.45) is 5.41 Å². The van der Waals surface area contributed by atoms with E-state index in [1.54, 1.807) is 0 Å². The lowest BCUT2D eigenvalue weighted by Crippen LogP contribution is -2.40. The van der Waals surface area contributed by atoms with Gasteiger partial charge >= 0.3 is 0 Å². The largest absolute Gasteiger partial charge is 0.356 e. The third-order valence-corrected chi connectivity index (χ3v) is 4.01. The number of benzene rings is 1. The zero-order chi connectivity index (χ0) is 13.9. The number of carbonyl (C=O) groups excluding carboxylic acids is 1. The first-order valence-electron chi connectivity index (χ1n) is 6.78. The molecule has 1 unspecified atom stereocenters. The monoisotopic (exact) mass is 280 g/mol. The summed E-state index contributed by atoms with van der Waals surface area (Å²) >= 11 is 5.88. The Morgan fingerprint density at radius 2 is 2.11 bits per heavy atom. The minimum absolute atomic E-state index is 0.175. The van der Waals surface area contributed by atoms with Crippen molar-refractivity contribution in [2.75, 3.05) is 19.6 Å². The van der Waals surface area contributed by atoms with Gasteiger partial charge in [-0.15, -0.1) is 0 Å². The molecule has 19 heavy (non-hydrogen) atoms. The third kappa shape index (κ3) is 3.48. The molecule has 2 rings (SSSR count). The maximum Gasteiger partial charge on any atom is 0.227 e. The highest BCUT2D eigenvalue weighted by Crippen LogP contribution is 2.31. The summed E-state index contributed by atoms with van der Waals surface area (Å²) in [5.74, 6) is 0.175. The van der Waals surface area contributed by atoms with Gasteiger partial charge < -0.3 is 5.32 Å². The van der Waals surface area contributed by atoms with Crippen molar-refractivity contribution in [1.29, 1.82) is 0 Å². The number of nitrogens with one attached hydrogen (secondary N) is 1. The Morgan fingerprint density at radius 3 is 2.74 bits per heavy atom. The minimum atomic E-state index is -0.248. The van der Waals surface area contributed by atoms with Crippen LogP contribution in [-0.2, 0) is 11.3 Å². The number of carbonyl (C=O) groups is 1. The number of amides is 1. The molecule has 1 aromatic carbocycles. The molecular formula is C15H21ClN2O. The van der Waals surface area contributed by atoms with Gasteiger partial charge in [0.15, 0.2) is 0 Å². The molecule has 0 aliphatic carbocycles. The highest BCUT2D eigenvalue weighted by atomic mass is 35.5. The van der Waals surface area contributed by atoms with Crippen molar-refractivity contribution >= 4 is 17.5 Å². The zero-order valence-corrected chi connectivity index (χ0v) is 12.3. The number of likely N-dealkylation sites (tertiary alicyclic amines) is 1. The van der Waals surface area contributed by atoms with Gasteiger partial charge in [-0.05, 0) is 44.5 Å². The van der Waals surface area contributed by atoms with Crippen LogP contribution in [0.3, 0.4) is 0 Å². The Morgan fingerprint density at radius 1 is 1.42 bits per heavy atom. The van der Waals surface area contributed by atoms with Crippen molar-refractivity contribution in [2.45, 2.75) is 26.8 Å². The van der Waals surface area contributed by atoms with Gasteiger partial charge in [0.1, 0.15) is 0 Å². The second-order valence-corrected chi connectivity index (χ2v) is 5.94. The van der Waals surface area contributed by atoms with E-state index in [-0.39, 0.29) is 11.3 Å². The number of halogens is 1. The van der Waals surface area contributed by atoms with Gasteiger partial charge in [-0.1, -0.05) is 23.7 Å². The van der Waals surface area contributed by atoms with Crippen LogP contribution in [0.1, 0.15) is 25.8 Å². The Labute approximate surface area is 119 Å². The van der Waals surface area contributed by atoms with Crippen LogP contribution in [0.4, 0.5) is 0 Å². The molecule has 1 saturated heterocycles. The first-order valence-corrected chi connectivity index (χ1v) is 7.16. The van der Waals surface area contributed by atoms with Gasteiger partial charge in [-0.2, -0.15) is 0 Å². The van der Waals surface area contributed by atoms with Crippen LogP contribution in [0.25, 0.3) is 0 Å². The van der Waals surface area contributed by atoms with Gasteiger partial charge in [-0.25, -0.2) is 0 Å². The van der Waals surface area contributed by atoms with E-state index in [2.05, 4.69) is 17.1 Å². The van der Waals surface area contributed by atoms with E-state index >= 15 is 0 Å². The fourth-order valence-corrected chi connectivity index (χ4v) is 2.72. The Hall–Kier alpha value is -1.06. The second kappa shape index (κ2) is 5.93. The molecule has 0 bridgehead atoms. The van der Waals surface area contributed by atoms with E-state index in [0.717, 1.165) is 31.1 Å². The maximum atomic E-state index is 12.1. The first kappa shape index (κ1) is 14.4. The Balaban J connectivity index is 1.94. The van der Waals surface area contributed by atoms with Crippen molar-refractivity contribution < 1.29 is 4.79 Å². The van der Waals surface area contributed by atoms with Crippen LogP contribution in [0, 0.1) is 5.41 Å². The summed E-state index contributed by atoms with van der Waals surface area (Å²) in [4.78, 5) is 14.4. The average Bonchev–Trinajstić information content (AvgIpc) is 2.76. The van der Waals surface area contributed by atoms with Gasteiger partial charge in [0.2, 0.25) is 5.91 Å². The summed E-state index contributed by atoms with van der Waals surface area (Å²) in [7, 11) is 0. The van der Waals surface area contributed by atoms with Crippen LogP contribution in [0.5, 0.6) is 0 Å². The summed E-state index contributed by atoms with van der Waals surface area (Å²) < 4.78 is 0. The molecule has 1 aliphatic rings. The van der Waals surface area contributed by atoms with Crippen LogP contribution in [0.2, 0.25) is 5.02 Å². The highest BCUT2D eigenvalue weighted by Gasteiger charge is 2.39. The van der Waals surface area contributed by atoms with Crippen molar-refractivity contribution in [1.82, 2.24) is 10.2 Å². The topological polar surface area (TPSA) is 32.3 Å². The molecule has 1 aromatic rings. The molecule has 1 amide bonds. The SMILES string of the molecule is CCNC(=O)C1(C)CCN(Cc2ccc(Cl)cc2)C1. The molecule has 0 aromatic heterocycles. The number of nitrogens with zero attached hydrogens (tertiary/aromatic N) is 1. The quantitative estimate of drug-likeness (QED) is 0.920. The van der Waals surface area contributed by atoms with Crippen LogP contribution >= 0.6 is 11.6 Å². The van der Waals surface area contributed by atoms with Crippen LogP contribution < -0.4 is 5.32 Å². The van der Waals surface area contributed by atoms with Crippen molar-refractivity contribution in [3.05, 3.63) is 34.9 Å². The Bertz CT molecular complexity index is 446. The average molecular weight is 281 g/mol. The van der Waals surface area contributed by atoms with Gasteiger partial charge in [-0.3, -0.25) is 9.69 Å². The van der Waals surface area contributed by atoms with Crippen molar-refractivity contribution in [3.8, 4) is 0 Å². The molecule has 4 heteroatoms. The fraction of sp³-hybridized carbons (Fsp3) is 0.533. The molecule has 1 atom stereocenters. The van der Waals surface area contributed by atoms with E-state index in [1.165, 1.54) is 5.56 Å². The first-order chi connectivity index (χ1) is 9.03. The smallest absolute Gasteiger partial charge is 0.227 e. The summed E-state index contributed by atoms with van der Waals surface area (Å²) in [6, 6.07) is 7.92. The molecular weight excluding hydrogens is 260 g/mol. The second-order valence-electron chi connectivity index (χ2n) is 5.51. The van der Waals surface area contributed by atoms with Gasteiger partial charge in [0.25, 0.3) is 0 Å². The summed E-state index contributed by atoms with van der Waals surface area (Å²) in [5, 5.41) is 3.70. The lowest BCUT2D eigenvalue weighted by atomic mass is 9.89. The van der Waals surface area contributed by atoms with Gasteiger partial charge in [0.05, 0.1) is 5.41 Å². The fourth-order valence-electron chi connectivity index (χ4n) is 2.60. The molecule has 104 valence electrons. The van der Waals surface area contributed by atoms with E-state index in [9.17, 15) is 4.79 Å². The Kier molecular flexibility index (Phi) is 4.48. The number of rotatable bonds is 4. The predicted octanol–water partition coefficient (Wildman–Crippen LogP) is 2.69. The molecule has 0 saturated carbocycles. The molecule has 1 N–H and O–H groups in total. The van der Waals surface area contributed by atoms with E-state index in [0.29, 0.717) is 6.54 Å². The molecule has 0 spiro atoms. The molecule has 1 aliphatic heterocycles. The standard InChI is InChI=1S/C15H21ClN2O/c1-3-17-14(19)15(2)8-9-18(11-15)10-12-4-6-13(16)7-5-12/h4-7H,3,8-11H2,1-2H3,(H,17,19). The molecule has 1 fully saturated rings. The lowest BCUT2D eigenvalue weighted by molar-refractivity contribution is -0.129.